The third-order valence-electron chi connectivity index (χ3n) is 6.98. The van der Waals surface area contributed by atoms with E-state index in [1.807, 2.05) is 13.8 Å². The van der Waals surface area contributed by atoms with E-state index in [-0.39, 0.29) is 17.6 Å². The van der Waals surface area contributed by atoms with E-state index in [4.69, 9.17) is 0 Å². The summed E-state index contributed by atoms with van der Waals surface area (Å²) in [6, 6.07) is 4.04. The molecule has 1 fully saturated rings. The molecule has 1 unspecified atom stereocenters. The number of aromatic amines is 1. The van der Waals surface area contributed by atoms with Gasteiger partial charge in [0.25, 0.3) is 5.91 Å². The minimum Gasteiger partial charge on any atom is -0.339 e. The number of hydrogen-bond donors (Lipinski definition) is 3. The predicted molar refractivity (Wildman–Crippen MR) is 135 cm³/mol. The van der Waals surface area contributed by atoms with Crippen molar-refractivity contribution in [2.75, 3.05) is 5.32 Å². The summed E-state index contributed by atoms with van der Waals surface area (Å²) in [5.41, 5.74) is 2.79. The van der Waals surface area contributed by atoms with E-state index in [9.17, 15) is 14.0 Å². The summed E-state index contributed by atoms with van der Waals surface area (Å²) in [4.78, 5) is 30.5. The summed E-state index contributed by atoms with van der Waals surface area (Å²) < 4.78 is 16.6. The fourth-order valence-electron chi connectivity index (χ4n) is 4.99. The Bertz CT molecular complexity index is 1210. The number of aromatic nitrogens is 5. The summed E-state index contributed by atoms with van der Waals surface area (Å²) >= 11 is 0. The van der Waals surface area contributed by atoms with Crippen LogP contribution in [0.2, 0.25) is 0 Å². The molecule has 192 valence electrons. The number of hydrogen-bond acceptors (Lipinski definition) is 5. The third kappa shape index (κ3) is 5.47. The van der Waals surface area contributed by atoms with Gasteiger partial charge in [-0.15, -0.1) is 0 Å². The monoisotopic (exact) mass is 495 g/mol. The quantitative estimate of drug-likeness (QED) is 0.401. The van der Waals surface area contributed by atoms with Crippen molar-refractivity contribution >= 4 is 17.6 Å². The maximum atomic E-state index is 15.0. The number of nitrogens with one attached hydrogen (secondary N) is 3. The summed E-state index contributed by atoms with van der Waals surface area (Å²) in [5, 5.41) is 16.9. The van der Waals surface area contributed by atoms with Gasteiger partial charge in [0, 0.05) is 29.6 Å². The van der Waals surface area contributed by atoms with Crippen LogP contribution in [0.1, 0.15) is 67.8 Å². The molecule has 10 heteroatoms. The highest BCUT2D eigenvalue weighted by Crippen LogP contribution is 2.32. The Hall–Kier alpha value is -3.56. The molecule has 0 saturated heterocycles. The first kappa shape index (κ1) is 25.5. The lowest BCUT2D eigenvalue weighted by Crippen LogP contribution is -2.49. The topological polar surface area (TPSA) is 118 Å². The lowest BCUT2D eigenvalue weighted by molar-refractivity contribution is -0.119. The van der Waals surface area contributed by atoms with Crippen LogP contribution >= 0.6 is 0 Å². The van der Waals surface area contributed by atoms with Gasteiger partial charge in [-0.1, -0.05) is 26.7 Å². The number of carbonyl (C=O) groups excluding carboxylic acids is 2. The zero-order valence-corrected chi connectivity index (χ0v) is 21.3. The van der Waals surface area contributed by atoms with Gasteiger partial charge in [-0.3, -0.25) is 19.4 Å². The first-order valence-corrected chi connectivity index (χ1v) is 12.6. The van der Waals surface area contributed by atoms with Crippen LogP contribution in [0.25, 0.3) is 11.1 Å². The number of aryl methyl sites for hydroxylation is 3. The van der Waals surface area contributed by atoms with E-state index < -0.39 is 17.9 Å². The molecule has 1 saturated carbocycles. The maximum Gasteiger partial charge on any atom is 0.270 e. The summed E-state index contributed by atoms with van der Waals surface area (Å²) in [5.74, 6) is -0.784. The molecule has 0 aromatic carbocycles. The number of anilines is 1. The molecule has 36 heavy (non-hydrogen) atoms. The molecule has 1 atom stereocenters. The number of rotatable bonds is 8. The molecule has 1 aliphatic rings. The van der Waals surface area contributed by atoms with Crippen molar-refractivity contribution in [2.45, 2.75) is 72.4 Å². The van der Waals surface area contributed by atoms with Crippen LogP contribution in [-0.4, -0.2) is 42.8 Å². The number of H-pyrrole nitrogens is 1. The van der Waals surface area contributed by atoms with Crippen LogP contribution in [0.5, 0.6) is 0 Å². The highest BCUT2D eigenvalue weighted by molar-refractivity contribution is 6.00. The Kier molecular flexibility index (Phi) is 7.81. The number of pyridine rings is 1. The summed E-state index contributed by atoms with van der Waals surface area (Å²) in [6.07, 6.45) is 6.05. The summed E-state index contributed by atoms with van der Waals surface area (Å²) in [6.45, 7) is 8.42. The molecule has 3 aromatic rings. The van der Waals surface area contributed by atoms with Gasteiger partial charge >= 0.3 is 0 Å². The molecule has 3 heterocycles. The van der Waals surface area contributed by atoms with Gasteiger partial charge in [0.15, 0.2) is 0 Å². The Labute approximate surface area is 210 Å². The van der Waals surface area contributed by atoms with Crippen molar-refractivity contribution in [2.24, 2.45) is 11.8 Å². The standard InChI is InChI=1S/C26H34FN7O2/c1-5-14-34-20(12-13-28-34)25(35)31-23(18-8-6-15(2)7-9-18)26(36)30-21-11-10-19(24(27)29-21)22-16(3)32-33-17(22)4/h10-13,15,18,23H,5-9,14H2,1-4H3,(H,31,35)(H,32,33)(H,29,30,36). The molecular formula is C26H34FN7O2. The van der Waals surface area contributed by atoms with Crippen molar-refractivity contribution in [1.82, 2.24) is 30.3 Å². The van der Waals surface area contributed by atoms with Crippen LogP contribution in [0, 0.1) is 31.6 Å². The second-order valence-electron chi connectivity index (χ2n) is 9.74. The smallest absolute Gasteiger partial charge is 0.270 e. The molecule has 4 rings (SSSR count). The van der Waals surface area contributed by atoms with Gasteiger partial charge in [0.2, 0.25) is 11.9 Å². The van der Waals surface area contributed by atoms with Crippen molar-refractivity contribution in [3.63, 3.8) is 0 Å². The molecule has 0 radical (unpaired) electrons. The molecular weight excluding hydrogens is 461 g/mol. The Morgan fingerprint density at radius 1 is 1.19 bits per heavy atom. The number of amides is 2. The largest absolute Gasteiger partial charge is 0.339 e. The minimum absolute atomic E-state index is 0.0203. The fourth-order valence-corrected chi connectivity index (χ4v) is 4.99. The van der Waals surface area contributed by atoms with Gasteiger partial charge in [0.1, 0.15) is 17.6 Å². The number of halogens is 1. The van der Waals surface area contributed by atoms with E-state index >= 15 is 0 Å². The van der Waals surface area contributed by atoms with E-state index in [2.05, 4.69) is 37.8 Å². The van der Waals surface area contributed by atoms with E-state index in [1.165, 1.54) is 0 Å². The van der Waals surface area contributed by atoms with Crippen molar-refractivity contribution in [3.8, 4) is 11.1 Å². The molecule has 0 bridgehead atoms. The van der Waals surface area contributed by atoms with Crippen LogP contribution in [-0.2, 0) is 11.3 Å². The summed E-state index contributed by atoms with van der Waals surface area (Å²) in [7, 11) is 0. The highest BCUT2D eigenvalue weighted by Gasteiger charge is 2.33. The normalized spacial score (nSPS) is 18.6. The van der Waals surface area contributed by atoms with Crippen molar-refractivity contribution in [3.05, 3.63) is 47.4 Å². The number of carbonyl (C=O) groups is 2. The van der Waals surface area contributed by atoms with Gasteiger partial charge < -0.3 is 10.6 Å². The highest BCUT2D eigenvalue weighted by atomic mass is 19.1. The van der Waals surface area contributed by atoms with E-state index in [1.54, 1.807) is 36.0 Å². The van der Waals surface area contributed by atoms with Gasteiger partial charge in [-0.25, -0.2) is 4.98 Å². The molecule has 0 aliphatic heterocycles. The fraction of sp³-hybridized carbons (Fsp3) is 0.500. The molecule has 1 aliphatic carbocycles. The Balaban J connectivity index is 1.54. The van der Waals surface area contributed by atoms with Crippen molar-refractivity contribution < 1.29 is 14.0 Å². The zero-order chi connectivity index (χ0) is 25.8. The molecule has 2 amide bonds. The lowest BCUT2D eigenvalue weighted by Gasteiger charge is -2.32. The SMILES string of the molecule is CCCn1nccc1C(=O)NC(C(=O)Nc1ccc(-c2c(C)n[nH]c2C)c(F)n1)C1CCC(C)CC1. The lowest BCUT2D eigenvalue weighted by atomic mass is 9.79. The van der Waals surface area contributed by atoms with Crippen molar-refractivity contribution in [1.29, 1.82) is 0 Å². The number of nitrogens with zero attached hydrogens (tertiary/aromatic N) is 4. The zero-order valence-electron chi connectivity index (χ0n) is 21.3. The van der Waals surface area contributed by atoms with Crippen LogP contribution in [0.15, 0.2) is 24.4 Å². The predicted octanol–water partition coefficient (Wildman–Crippen LogP) is 4.40. The van der Waals surface area contributed by atoms with Crippen LogP contribution in [0.4, 0.5) is 10.2 Å². The average molecular weight is 496 g/mol. The van der Waals surface area contributed by atoms with Crippen LogP contribution < -0.4 is 10.6 Å². The van der Waals surface area contributed by atoms with Crippen LogP contribution in [0.3, 0.4) is 0 Å². The molecule has 9 nitrogen and oxygen atoms in total. The van der Waals surface area contributed by atoms with E-state index in [0.717, 1.165) is 37.8 Å². The molecule has 3 N–H and O–H groups in total. The average Bonchev–Trinajstić information content (AvgIpc) is 3.45. The second kappa shape index (κ2) is 11.0. The molecule has 0 spiro atoms. The first-order valence-electron chi connectivity index (χ1n) is 12.6. The first-order chi connectivity index (χ1) is 17.3. The maximum absolute atomic E-state index is 15.0. The Morgan fingerprint density at radius 2 is 1.94 bits per heavy atom. The van der Waals surface area contributed by atoms with E-state index in [0.29, 0.717) is 35.0 Å². The minimum atomic E-state index is -0.766. The molecule has 3 aromatic heterocycles. The third-order valence-corrected chi connectivity index (χ3v) is 6.98. The Morgan fingerprint density at radius 3 is 2.58 bits per heavy atom. The van der Waals surface area contributed by atoms with Gasteiger partial charge in [-0.2, -0.15) is 14.6 Å². The second-order valence-corrected chi connectivity index (χ2v) is 9.74. The van der Waals surface area contributed by atoms with Gasteiger partial charge in [0.05, 0.1) is 5.69 Å². The van der Waals surface area contributed by atoms with Gasteiger partial charge in [-0.05, 0) is 63.1 Å².